The number of ether oxygens (including phenoxy) is 1. The molecule has 0 spiro atoms. The zero-order valence-corrected chi connectivity index (χ0v) is 10.5. The summed E-state index contributed by atoms with van der Waals surface area (Å²) in [4.78, 5) is 11.4. The molecule has 0 bridgehead atoms. The Balaban J connectivity index is 3.64. The van der Waals surface area contributed by atoms with Crippen molar-refractivity contribution in [2.75, 3.05) is 19.8 Å². The van der Waals surface area contributed by atoms with E-state index in [1.807, 2.05) is 34.6 Å². The van der Waals surface area contributed by atoms with Gasteiger partial charge in [0.05, 0.1) is 13.2 Å². The van der Waals surface area contributed by atoms with Crippen LogP contribution in [0.4, 0.5) is 0 Å². The van der Waals surface area contributed by atoms with Crippen molar-refractivity contribution in [2.45, 2.75) is 46.2 Å². The Morgan fingerprint density at radius 3 is 2.47 bits per heavy atom. The maximum atomic E-state index is 11.4. The molecular weight excluding hydrogens is 192 g/mol. The third-order valence-electron chi connectivity index (χ3n) is 1.76. The molecule has 1 unspecified atom stereocenters. The minimum absolute atomic E-state index is 0.0112. The lowest BCUT2D eigenvalue weighted by atomic mass is 10.1. The lowest BCUT2D eigenvalue weighted by Crippen LogP contribution is -2.46. The lowest BCUT2D eigenvalue weighted by Gasteiger charge is -2.21. The summed E-state index contributed by atoms with van der Waals surface area (Å²) in [5.74, 6) is 0.0112. The highest BCUT2D eigenvalue weighted by Crippen LogP contribution is 1.96. The average Bonchev–Trinajstić information content (AvgIpc) is 2.10. The minimum Gasteiger partial charge on any atom is -0.380 e. The number of amides is 1. The normalized spacial score (nSPS) is 13.7. The van der Waals surface area contributed by atoms with E-state index < -0.39 is 0 Å². The van der Waals surface area contributed by atoms with Crippen LogP contribution in [0.5, 0.6) is 0 Å². The summed E-state index contributed by atoms with van der Waals surface area (Å²) in [7, 11) is 0. The second-order valence-corrected chi connectivity index (χ2v) is 4.73. The smallest absolute Gasteiger partial charge is 0.234 e. The first-order valence-electron chi connectivity index (χ1n) is 5.47. The van der Waals surface area contributed by atoms with Crippen LogP contribution in [-0.4, -0.2) is 37.2 Å². The van der Waals surface area contributed by atoms with Crippen molar-refractivity contribution in [1.29, 1.82) is 0 Å². The van der Waals surface area contributed by atoms with E-state index >= 15 is 0 Å². The zero-order valence-electron chi connectivity index (χ0n) is 10.5. The minimum atomic E-state index is -0.0273. The summed E-state index contributed by atoms with van der Waals surface area (Å²) in [5, 5.41) is 5.99. The number of hydrogen-bond acceptors (Lipinski definition) is 3. The van der Waals surface area contributed by atoms with Gasteiger partial charge in [-0.15, -0.1) is 0 Å². The summed E-state index contributed by atoms with van der Waals surface area (Å²) < 4.78 is 5.21. The van der Waals surface area contributed by atoms with Crippen molar-refractivity contribution in [3.63, 3.8) is 0 Å². The van der Waals surface area contributed by atoms with Crippen LogP contribution >= 0.6 is 0 Å². The molecule has 0 aromatic carbocycles. The van der Waals surface area contributed by atoms with Gasteiger partial charge in [-0.05, 0) is 34.6 Å². The highest BCUT2D eigenvalue weighted by Gasteiger charge is 2.12. The van der Waals surface area contributed by atoms with E-state index in [2.05, 4.69) is 10.6 Å². The summed E-state index contributed by atoms with van der Waals surface area (Å²) in [6, 6.07) is 0.0687. The van der Waals surface area contributed by atoms with Crippen LogP contribution < -0.4 is 10.6 Å². The number of carbonyl (C=O) groups excluding carboxylic acids is 1. The van der Waals surface area contributed by atoms with Crippen molar-refractivity contribution >= 4 is 5.91 Å². The summed E-state index contributed by atoms with van der Waals surface area (Å²) in [6.07, 6.45) is 0. The Hall–Kier alpha value is -0.610. The standard InChI is InChI=1S/C11H24N2O2/c1-6-15-8-9(2)13-10(14)7-12-11(3,4)5/h9,12H,6-8H2,1-5H3,(H,13,14). The van der Waals surface area contributed by atoms with Gasteiger partial charge in [0.15, 0.2) is 0 Å². The van der Waals surface area contributed by atoms with E-state index in [1.54, 1.807) is 0 Å². The highest BCUT2D eigenvalue weighted by atomic mass is 16.5. The van der Waals surface area contributed by atoms with Crippen molar-refractivity contribution in [3.05, 3.63) is 0 Å². The molecule has 4 nitrogen and oxygen atoms in total. The Morgan fingerprint density at radius 2 is 2.00 bits per heavy atom. The van der Waals surface area contributed by atoms with Gasteiger partial charge >= 0.3 is 0 Å². The van der Waals surface area contributed by atoms with E-state index in [0.29, 0.717) is 19.8 Å². The van der Waals surface area contributed by atoms with Crippen LogP contribution in [0.25, 0.3) is 0 Å². The van der Waals surface area contributed by atoms with Crippen LogP contribution in [-0.2, 0) is 9.53 Å². The van der Waals surface area contributed by atoms with Crippen LogP contribution in [0.1, 0.15) is 34.6 Å². The molecule has 0 radical (unpaired) electrons. The van der Waals surface area contributed by atoms with E-state index in [9.17, 15) is 4.79 Å². The number of nitrogens with one attached hydrogen (secondary N) is 2. The van der Waals surface area contributed by atoms with Gasteiger partial charge in [-0.1, -0.05) is 0 Å². The molecule has 1 atom stereocenters. The van der Waals surface area contributed by atoms with Gasteiger partial charge in [0.2, 0.25) is 5.91 Å². The molecule has 90 valence electrons. The molecule has 0 saturated heterocycles. The second kappa shape index (κ2) is 6.80. The van der Waals surface area contributed by atoms with Crippen molar-refractivity contribution < 1.29 is 9.53 Å². The summed E-state index contributed by atoms with van der Waals surface area (Å²) in [5.41, 5.74) is -0.0273. The molecule has 0 fully saturated rings. The van der Waals surface area contributed by atoms with Gasteiger partial charge in [0, 0.05) is 18.2 Å². The summed E-state index contributed by atoms with van der Waals surface area (Å²) >= 11 is 0. The lowest BCUT2D eigenvalue weighted by molar-refractivity contribution is -0.121. The molecule has 0 aliphatic carbocycles. The molecule has 4 heteroatoms. The highest BCUT2D eigenvalue weighted by molar-refractivity contribution is 5.78. The molecule has 0 aromatic rings. The monoisotopic (exact) mass is 216 g/mol. The van der Waals surface area contributed by atoms with E-state index in [-0.39, 0.29) is 17.5 Å². The Morgan fingerprint density at radius 1 is 1.40 bits per heavy atom. The quantitative estimate of drug-likeness (QED) is 0.694. The number of rotatable bonds is 6. The fraction of sp³-hybridized carbons (Fsp3) is 0.909. The predicted molar refractivity (Wildman–Crippen MR) is 61.9 cm³/mol. The second-order valence-electron chi connectivity index (χ2n) is 4.73. The molecule has 1 amide bonds. The van der Waals surface area contributed by atoms with E-state index in [1.165, 1.54) is 0 Å². The fourth-order valence-electron chi connectivity index (χ4n) is 1.01. The Kier molecular flexibility index (Phi) is 6.52. The molecule has 0 aromatic heterocycles. The largest absolute Gasteiger partial charge is 0.380 e. The van der Waals surface area contributed by atoms with Crippen molar-refractivity contribution in [2.24, 2.45) is 0 Å². The van der Waals surface area contributed by atoms with Gasteiger partial charge in [0.25, 0.3) is 0 Å². The van der Waals surface area contributed by atoms with Crippen LogP contribution in [0.2, 0.25) is 0 Å². The fourth-order valence-corrected chi connectivity index (χ4v) is 1.01. The first-order valence-corrected chi connectivity index (χ1v) is 5.47. The molecule has 2 N–H and O–H groups in total. The summed E-state index contributed by atoms with van der Waals surface area (Å²) in [6.45, 7) is 11.6. The van der Waals surface area contributed by atoms with Gasteiger partial charge < -0.3 is 15.4 Å². The number of carbonyl (C=O) groups is 1. The molecule has 0 heterocycles. The van der Waals surface area contributed by atoms with Gasteiger partial charge in [0.1, 0.15) is 0 Å². The zero-order chi connectivity index (χ0) is 11.9. The maximum Gasteiger partial charge on any atom is 0.234 e. The topological polar surface area (TPSA) is 50.4 Å². The van der Waals surface area contributed by atoms with Crippen LogP contribution in [0, 0.1) is 0 Å². The first-order chi connectivity index (χ1) is 6.85. The van der Waals surface area contributed by atoms with Gasteiger partial charge in [-0.2, -0.15) is 0 Å². The number of hydrogen-bond donors (Lipinski definition) is 2. The van der Waals surface area contributed by atoms with Crippen molar-refractivity contribution in [1.82, 2.24) is 10.6 Å². The van der Waals surface area contributed by atoms with Gasteiger partial charge in [-0.3, -0.25) is 4.79 Å². The predicted octanol–water partition coefficient (Wildman–Crippen LogP) is 0.916. The van der Waals surface area contributed by atoms with Gasteiger partial charge in [-0.25, -0.2) is 0 Å². The molecule has 0 saturated carbocycles. The average molecular weight is 216 g/mol. The van der Waals surface area contributed by atoms with E-state index in [0.717, 1.165) is 0 Å². The first kappa shape index (κ1) is 14.4. The Labute approximate surface area is 92.8 Å². The molecule has 0 aliphatic rings. The molecule has 0 rings (SSSR count). The molecule has 15 heavy (non-hydrogen) atoms. The Bertz CT molecular complexity index is 188. The molecular formula is C11H24N2O2. The SMILES string of the molecule is CCOCC(C)NC(=O)CNC(C)(C)C. The third kappa shape index (κ3) is 9.69. The van der Waals surface area contributed by atoms with Crippen molar-refractivity contribution in [3.8, 4) is 0 Å². The molecule has 0 aliphatic heterocycles. The third-order valence-corrected chi connectivity index (χ3v) is 1.76. The maximum absolute atomic E-state index is 11.4. The van der Waals surface area contributed by atoms with Crippen LogP contribution in [0.15, 0.2) is 0 Å². The van der Waals surface area contributed by atoms with E-state index in [4.69, 9.17) is 4.74 Å². The van der Waals surface area contributed by atoms with Crippen LogP contribution in [0.3, 0.4) is 0 Å².